The van der Waals surface area contributed by atoms with Crippen molar-refractivity contribution >= 4 is 11.6 Å². The Morgan fingerprint density at radius 1 is 1.30 bits per heavy atom. The molecule has 0 saturated carbocycles. The maximum absolute atomic E-state index is 9.47. The van der Waals surface area contributed by atoms with Gasteiger partial charge in [0.15, 0.2) is 0 Å². The summed E-state index contributed by atoms with van der Waals surface area (Å²) in [5.74, 6) is 0.554. The number of halogens is 1. The number of aliphatic hydroxyl groups excluding tert-OH is 1. The predicted molar refractivity (Wildman–Crippen MR) is 77.6 cm³/mol. The summed E-state index contributed by atoms with van der Waals surface area (Å²) in [6.45, 7) is 2.02. The van der Waals surface area contributed by atoms with E-state index in [1.807, 2.05) is 12.1 Å². The van der Waals surface area contributed by atoms with Gasteiger partial charge in [-0.2, -0.15) is 5.26 Å². The van der Waals surface area contributed by atoms with Gasteiger partial charge in [-0.3, -0.25) is 0 Å². The lowest BCUT2D eigenvalue weighted by atomic mass is 10.1. The SMILES string of the molecule is C[C@H](O)c1ccc(OCc2cccc(C#N)c2)c(Cl)c1. The lowest BCUT2D eigenvalue weighted by molar-refractivity contribution is 0.199. The van der Waals surface area contributed by atoms with Crippen LogP contribution in [0.25, 0.3) is 0 Å². The molecule has 0 fully saturated rings. The van der Waals surface area contributed by atoms with Gasteiger partial charge in [0.2, 0.25) is 0 Å². The van der Waals surface area contributed by atoms with Crippen molar-refractivity contribution in [1.82, 2.24) is 0 Å². The van der Waals surface area contributed by atoms with E-state index in [-0.39, 0.29) is 0 Å². The smallest absolute Gasteiger partial charge is 0.138 e. The minimum absolute atomic E-state index is 0.337. The van der Waals surface area contributed by atoms with E-state index in [0.717, 1.165) is 11.1 Å². The molecule has 2 aromatic rings. The predicted octanol–water partition coefficient (Wildman–Crippen LogP) is 3.84. The fraction of sp³-hybridized carbons (Fsp3) is 0.188. The number of nitriles is 1. The highest BCUT2D eigenvalue weighted by molar-refractivity contribution is 6.32. The van der Waals surface area contributed by atoms with Crippen molar-refractivity contribution in [2.45, 2.75) is 19.6 Å². The molecule has 0 saturated heterocycles. The van der Waals surface area contributed by atoms with Gasteiger partial charge in [0.05, 0.1) is 22.8 Å². The van der Waals surface area contributed by atoms with Crippen molar-refractivity contribution in [1.29, 1.82) is 5.26 Å². The summed E-state index contributed by atoms with van der Waals surface area (Å²) >= 11 is 6.11. The van der Waals surface area contributed by atoms with Crippen LogP contribution < -0.4 is 4.74 Å². The fourth-order valence-corrected chi connectivity index (χ4v) is 2.03. The van der Waals surface area contributed by atoms with E-state index in [1.54, 1.807) is 37.3 Å². The van der Waals surface area contributed by atoms with E-state index >= 15 is 0 Å². The summed E-state index contributed by atoms with van der Waals surface area (Å²) in [6, 6.07) is 14.5. The van der Waals surface area contributed by atoms with Gasteiger partial charge < -0.3 is 9.84 Å². The number of aliphatic hydroxyl groups is 1. The van der Waals surface area contributed by atoms with Gasteiger partial charge in [-0.05, 0) is 42.3 Å². The molecule has 0 aliphatic rings. The molecule has 0 spiro atoms. The zero-order chi connectivity index (χ0) is 14.5. The molecule has 0 aromatic heterocycles. The second-order valence-corrected chi connectivity index (χ2v) is 4.87. The van der Waals surface area contributed by atoms with E-state index < -0.39 is 6.10 Å². The quantitative estimate of drug-likeness (QED) is 0.929. The summed E-state index contributed by atoms with van der Waals surface area (Å²) in [4.78, 5) is 0. The summed E-state index contributed by atoms with van der Waals surface area (Å²) in [5.41, 5.74) is 2.25. The second-order valence-electron chi connectivity index (χ2n) is 4.47. The molecule has 102 valence electrons. The molecule has 1 N–H and O–H groups in total. The third-order valence-electron chi connectivity index (χ3n) is 2.89. The molecular weight excluding hydrogens is 274 g/mol. The largest absolute Gasteiger partial charge is 0.487 e. The first-order chi connectivity index (χ1) is 9.60. The van der Waals surface area contributed by atoms with Crippen molar-refractivity contribution in [3.8, 4) is 11.8 Å². The van der Waals surface area contributed by atoms with Crippen LogP contribution in [0.3, 0.4) is 0 Å². The molecule has 2 aromatic carbocycles. The van der Waals surface area contributed by atoms with Gasteiger partial charge in [-0.15, -0.1) is 0 Å². The average Bonchev–Trinajstić information content (AvgIpc) is 2.46. The molecule has 0 aliphatic heterocycles. The zero-order valence-electron chi connectivity index (χ0n) is 11.0. The van der Waals surface area contributed by atoms with Crippen molar-refractivity contribution in [2.24, 2.45) is 0 Å². The van der Waals surface area contributed by atoms with Gasteiger partial charge in [0, 0.05) is 0 Å². The molecule has 0 aliphatic carbocycles. The van der Waals surface area contributed by atoms with Gasteiger partial charge in [0.1, 0.15) is 12.4 Å². The number of hydrogen-bond acceptors (Lipinski definition) is 3. The highest BCUT2D eigenvalue weighted by atomic mass is 35.5. The number of rotatable bonds is 4. The lowest BCUT2D eigenvalue weighted by Gasteiger charge is -2.11. The molecule has 4 heteroatoms. The first kappa shape index (κ1) is 14.4. The Hall–Kier alpha value is -2.02. The van der Waals surface area contributed by atoms with Gasteiger partial charge in [0.25, 0.3) is 0 Å². The van der Waals surface area contributed by atoms with Crippen LogP contribution in [0.4, 0.5) is 0 Å². The monoisotopic (exact) mass is 287 g/mol. The Balaban J connectivity index is 2.09. The Labute approximate surface area is 123 Å². The lowest BCUT2D eigenvalue weighted by Crippen LogP contribution is -1.98. The minimum atomic E-state index is -0.561. The normalized spacial score (nSPS) is 11.7. The molecule has 2 rings (SSSR count). The molecular formula is C16H14ClNO2. The number of benzene rings is 2. The van der Waals surface area contributed by atoms with E-state index in [4.69, 9.17) is 21.6 Å². The highest BCUT2D eigenvalue weighted by Gasteiger charge is 2.07. The second kappa shape index (κ2) is 6.42. The summed E-state index contributed by atoms with van der Waals surface area (Å²) in [6.07, 6.45) is -0.561. The molecule has 0 heterocycles. The van der Waals surface area contributed by atoms with Gasteiger partial charge in [-0.25, -0.2) is 0 Å². The molecule has 3 nitrogen and oxygen atoms in total. The van der Waals surface area contributed by atoms with Crippen LogP contribution in [0.1, 0.15) is 29.7 Å². The third kappa shape index (κ3) is 3.51. The fourth-order valence-electron chi connectivity index (χ4n) is 1.79. The Bertz CT molecular complexity index is 647. The van der Waals surface area contributed by atoms with E-state index in [0.29, 0.717) is 22.9 Å². The van der Waals surface area contributed by atoms with E-state index in [1.165, 1.54) is 0 Å². The van der Waals surface area contributed by atoms with Crippen LogP contribution in [0, 0.1) is 11.3 Å². The standard InChI is InChI=1S/C16H14ClNO2/c1-11(19)14-5-6-16(15(17)8-14)20-10-13-4-2-3-12(7-13)9-18/h2-8,11,19H,10H2,1H3/t11-/m0/s1. The van der Waals surface area contributed by atoms with E-state index in [9.17, 15) is 5.11 Å². The average molecular weight is 288 g/mol. The molecule has 0 bridgehead atoms. The van der Waals surface area contributed by atoms with Gasteiger partial charge in [-0.1, -0.05) is 29.8 Å². The van der Waals surface area contributed by atoms with Crippen molar-refractivity contribution in [2.75, 3.05) is 0 Å². The van der Waals surface area contributed by atoms with Crippen molar-refractivity contribution in [3.05, 3.63) is 64.2 Å². The maximum Gasteiger partial charge on any atom is 0.138 e. The highest BCUT2D eigenvalue weighted by Crippen LogP contribution is 2.28. The molecule has 0 amide bonds. The Kier molecular flexibility index (Phi) is 4.62. The van der Waals surface area contributed by atoms with Crippen molar-refractivity contribution in [3.63, 3.8) is 0 Å². The Morgan fingerprint density at radius 2 is 2.10 bits per heavy atom. The molecule has 0 radical (unpaired) electrons. The summed E-state index contributed by atoms with van der Waals surface area (Å²) in [5, 5.41) is 18.8. The van der Waals surface area contributed by atoms with Crippen LogP contribution in [-0.2, 0) is 6.61 Å². The van der Waals surface area contributed by atoms with Crippen LogP contribution in [0.5, 0.6) is 5.75 Å². The van der Waals surface area contributed by atoms with Crippen LogP contribution in [0.15, 0.2) is 42.5 Å². The Morgan fingerprint density at radius 3 is 2.75 bits per heavy atom. The van der Waals surface area contributed by atoms with Crippen molar-refractivity contribution < 1.29 is 9.84 Å². The van der Waals surface area contributed by atoms with E-state index in [2.05, 4.69) is 6.07 Å². The molecule has 20 heavy (non-hydrogen) atoms. The number of hydrogen-bond donors (Lipinski definition) is 1. The van der Waals surface area contributed by atoms with Crippen LogP contribution in [-0.4, -0.2) is 5.11 Å². The first-order valence-corrected chi connectivity index (χ1v) is 6.57. The van der Waals surface area contributed by atoms with Crippen LogP contribution >= 0.6 is 11.6 Å². The first-order valence-electron chi connectivity index (χ1n) is 6.19. The number of nitrogens with zero attached hydrogens (tertiary/aromatic N) is 1. The summed E-state index contributed by atoms with van der Waals surface area (Å²) < 4.78 is 5.63. The topological polar surface area (TPSA) is 53.2 Å². The molecule has 0 unspecified atom stereocenters. The summed E-state index contributed by atoms with van der Waals surface area (Å²) in [7, 11) is 0. The maximum atomic E-state index is 9.47. The van der Waals surface area contributed by atoms with Gasteiger partial charge >= 0.3 is 0 Å². The number of ether oxygens (including phenoxy) is 1. The third-order valence-corrected chi connectivity index (χ3v) is 3.18. The minimum Gasteiger partial charge on any atom is -0.487 e. The van der Waals surface area contributed by atoms with Crippen LogP contribution in [0.2, 0.25) is 5.02 Å². The zero-order valence-corrected chi connectivity index (χ0v) is 11.8. The molecule has 1 atom stereocenters.